The first-order chi connectivity index (χ1) is 15.2. The number of aromatic nitrogens is 1. The predicted octanol–water partition coefficient (Wildman–Crippen LogP) is 4.24. The van der Waals surface area contributed by atoms with Crippen LogP contribution in [0.5, 0.6) is 0 Å². The first-order valence-corrected chi connectivity index (χ1v) is 12.6. The molecule has 2 heterocycles. The summed E-state index contributed by atoms with van der Waals surface area (Å²) >= 11 is 1.24. The molecular formula is C22H24F2N4O2S2. The van der Waals surface area contributed by atoms with E-state index in [1.54, 1.807) is 18.4 Å². The van der Waals surface area contributed by atoms with Gasteiger partial charge in [-0.2, -0.15) is 0 Å². The average Bonchev–Trinajstić information content (AvgIpc) is 3.40. The Morgan fingerprint density at radius 2 is 2.09 bits per heavy atom. The lowest BCUT2D eigenvalue weighted by atomic mass is 10.1. The van der Waals surface area contributed by atoms with E-state index in [1.165, 1.54) is 41.1 Å². The van der Waals surface area contributed by atoms with Gasteiger partial charge in [-0.1, -0.05) is 12.1 Å². The molecule has 1 saturated heterocycles. The van der Waals surface area contributed by atoms with E-state index in [9.17, 15) is 17.2 Å². The van der Waals surface area contributed by atoms with Crippen molar-refractivity contribution in [2.75, 3.05) is 29.8 Å². The first kappa shape index (κ1) is 22.6. The zero-order chi connectivity index (χ0) is 22.9. The number of thiazole rings is 1. The summed E-state index contributed by atoms with van der Waals surface area (Å²) in [4.78, 5) is 7.72. The van der Waals surface area contributed by atoms with Gasteiger partial charge >= 0.3 is 0 Å². The van der Waals surface area contributed by atoms with Crippen LogP contribution >= 0.6 is 11.3 Å². The van der Waals surface area contributed by atoms with Crippen molar-refractivity contribution >= 4 is 32.9 Å². The number of halogens is 2. The lowest BCUT2D eigenvalue weighted by Gasteiger charge is -2.29. The molecule has 0 bridgehead atoms. The highest BCUT2D eigenvalue weighted by Crippen LogP contribution is 2.30. The summed E-state index contributed by atoms with van der Waals surface area (Å²) in [5, 5.41) is 1.54. The van der Waals surface area contributed by atoms with Gasteiger partial charge in [0.05, 0.1) is 5.51 Å². The summed E-state index contributed by atoms with van der Waals surface area (Å²) in [7, 11) is -2.19. The number of nitrogens with one attached hydrogen (secondary N) is 1. The Labute approximate surface area is 190 Å². The van der Waals surface area contributed by atoms with Crippen molar-refractivity contribution in [3.63, 3.8) is 0 Å². The molecule has 0 radical (unpaired) electrons. The molecule has 1 N–H and O–H groups in total. The first-order valence-electron chi connectivity index (χ1n) is 10.1. The maximum atomic E-state index is 14.9. The van der Waals surface area contributed by atoms with Crippen LogP contribution in [0.3, 0.4) is 0 Å². The highest BCUT2D eigenvalue weighted by atomic mass is 32.2. The van der Waals surface area contributed by atoms with Crippen LogP contribution in [-0.2, 0) is 16.6 Å². The third kappa shape index (κ3) is 4.92. The number of hydrogen-bond acceptors (Lipinski definition) is 6. The van der Waals surface area contributed by atoms with E-state index in [0.717, 1.165) is 25.1 Å². The number of likely N-dealkylation sites (tertiary alicyclic amines) is 1. The fourth-order valence-electron chi connectivity index (χ4n) is 4.05. The third-order valence-corrected chi connectivity index (χ3v) is 7.64. The van der Waals surface area contributed by atoms with E-state index < -0.39 is 20.7 Å². The van der Waals surface area contributed by atoms with E-state index in [-0.39, 0.29) is 17.7 Å². The van der Waals surface area contributed by atoms with E-state index in [4.69, 9.17) is 0 Å². The van der Waals surface area contributed by atoms with Crippen LogP contribution in [0.2, 0.25) is 0 Å². The summed E-state index contributed by atoms with van der Waals surface area (Å²) < 4.78 is 55.9. The fraction of sp³-hybridized carbons (Fsp3) is 0.318. The SMILES string of the molecule is Cc1cc(S(=O)(=O)Nc2cscn2)c(F)cc1N(C)C1CCN(Cc2cccc(F)c2)C1. The Kier molecular flexibility index (Phi) is 6.45. The van der Waals surface area contributed by atoms with Crippen molar-refractivity contribution in [1.82, 2.24) is 9.88 Å². The van der Waals surface area contributed by atoms with Crippen molar-refractivity contribution < 1.29 is 17.2 Å². The standard InChI is InChI=1S/C22H24F2N4O2S2/c1-15-8-21(32(29,30)26-22-13-31-14-25-22)19(24)10-20(15)27(2)18-6-7-28(12-18)11-16-4-3-5-17(23)9-16/h3-5,8-10,13-14,18,26H,6-7,11-12H2,1-2H3. The normalized spacial score (nSPS) is 16.9. The largest absolute Gasteiger partial charge is 0.370 e. The molecule has 6 nitrogen and oxygen atoms in total. The van der Waals surface area contributed by atoms with Gasteiger partial charge < -0.3 is 4.90 Å². The highest BCUT2D eigenvalue weighted by molar-refractivity contribution is 7.92. The summed E-state index contributed by atoms with van der Waals surface area (Å²) in [5.41, 5.74) is 3.72. The Morgan fingerprint density at radius 3 is 2.81 bits per heavy atom. The Morgan fingerprint density at radius 1 is 1.28 bits per heavy atom. The van der Waals surface area contributed by atoms with Gasteiger partial charge in [0.15, 0.2) is 5.82 Å². The second kappa shape index (κ2) is 9.13. The van der Waals surface area contributed by atoms with Crippen molar-refractivity contribution in [2.45, 2.75) is 30.8 Å². The molecule has 1 aliphatic rings. The molecule has 1 aliphatic heterocycles. The molecule has 1 unspecified atom stereocenters. The Bertz CT molecular complexity index is 1200. The third-order valence-electron chi connectivity index (χ3n) is 5.68. The minimum absolute atomic E-state index is 0.136. The maximum absolute atomic E-state index is 14.9. The number of aryl methyl sites for hydroxylation is 1. The summed E-state index contributed by atoms with van der Waals surface area (Å²) in [6.45, 7) is 4.01. The Hall–Kier alpha value is -2.56. The molecule has 10 heteroatoms. The van der Waals surface area contributed by atoms with Gasteiger partial charge in [-0.3, -0.25) is 9.62 Å². The van der Waals surface area contributed by atoms with Crippen LogP contribution in [-0.4, -0.2) is 44.5 Å². The molecular weight excluding hydrogens is 454 g/mol. The maximum Gasteiger partial charge on any atom is 0.266 e. The van der Waals surface area contributed by atoms with Crippen LogP contribution in [0, 0.1) is 18.6 Å². The molecule has 32 heavy (non-hydrogen) atoms. The number of rotatable bonds is 7. The summed E-state index contributed by atoms with van der Waals surface area (Å²) in [6.07, 6.45) is 0.873. The van der Waals surface area contributed by atoms with Crippen LogP contribution in [0.25, 0.3) is 0 Å². The molecule has 0 aliphatic carbocycles. The highest BCUT2D eigenvalue weighted by Gasteiger charge is 2.28. The van der Waals surface area contributed by atoms with Gasteiger partial charge in [0, 0.05) is 43.8 Å². The van der Waals surface area contributed by atoms with Crippen molar-refractivity contribution in [2.24, 2.45) is 0 Å². The predicted molar refractivity (Wildman–Crippen MR) is 123 cm³/mol. The van der Waals surface area contributed by atoms with E-state index >= 15 is 0 Å². The molecule has 2 aromatic carbocycles. The van der Waals surface area contributed by atoms with Crippen LogP contribution < -0.4 is 9.62 Å². The molecule has 3 aromatic rings. The second-order valence-corrected chi connectivity index (χ2v) is 10.3. The number of nitrogens with zero attached hydrogens (tertiary/aromatic N) is 3. The lowest BCUT2D eigenvalue weighted by Crippen LogP contribution is -2.35. The zero-order valence-corrected chi connectivity index (χ0v) is 19.4. The summed E-state index contributed by atoms with van der Waals surface area (Å²) in [5.74, 6) is -0.895. The fourth-order valence-corrected chi connectivity index (χ4v) is 5.75. The van der Waals surface area contributed by atoms with Crippen LogP contribution in [0.4, 0.5) is 20.3 Å². The van der Waals surface area contributed by atoms with Crippen molar-refractivity contribution in [3.05, 3.63) is 70.1 Å². The van der Waals surface area contributed by atoms with E-state index in [2.05, 4.69) is 14.6 Å². The van der Waals surface area contributed by atoms with Crippen molar-refractivity contribution in [3.8, 4) is 0 Å². The number of benzene rings is 2. The van der Waals surface area contributed by atoms with E-state index in [0.29, 0.717) is 17.8 Å². The molecule has 0 spiro atoms. The quantitative estimate of drug-likeness (QED) is 0.550. The smallest absolute Gasteiger partial charge is 0.266 e. The van der Waals surface area contributed by atoms with Crippen LogP contribution in [0.1, 0.15) is 17.5 Å². The van der Waals surface area contributed by atoms with Crippen LogP contribution in [0.15, 0.2) is 52.2 Å². The second-order valence-electron chi connectivity index (χ2n) is 7.97. The molecule has 0 saturated carbocycles. The van der Waals surface area contributed by atoms with Gasteiger partial charge in [-0.05, 0) is 48.7 Å². The molecule has 4 rings (SSSR count). The molecule has 170 valence electrons. The summed E-state index contributed by atoms with van der Waals surface area (Å²) in [6, 6.07) is 9.34. The number of sulfonamides is 1. The van der Waals surface area contributed by atoms with Gasteiger partial charge in [0.25, 0.3) is 10.0 Å². The van der Waals surface area contributed by atoms with E-state index in [1.807, 2.05) is 18.0 Å². The topological polar surface area (TPSA) is 65.5 Å². The number of likely N-dealkylation sites (N-methyl/N-ethyl adjacent to an activating group) is 1. The monoisotopic (exact) mass is 478 g/mol. The van der Waals surface area contributed by atoms with Crippen molar-refractivity contribution in [1.29, 1.82) is 0 Å². The minimum Gasteiger partial charge on any atom is -0.370 e. The molecule has 1 aromatic heterocycles. The average molecular weight is 479 g/mol. The van der Waals surface area contributed by atoms with Gasteiger partial charge in [0.2, 0.25) is 0 Å². The number of hydrogen-bond donors (Lipinski definition) is 1. The number of anilines is 2. The Balaban J connectivity index is 1.48. The lowest BCUT2D eigenvalue weighted by molar-refractivity contribution is 0.325. The minimum atomic E-state index is -4.08. The van der Waals surface area contributed by atoms with Gasteiger partial charge in [0.1, 0.15) is 16.5 Å². The zero-order valence-electron chi connectivity index (χ0n) is 17.8. The molecule has 1 atom stereocenters. The molecule has 0 amide bonds. The van der Waals surface area contributed by atoms with Gasteiger partial charge in [-0.15, -0.1) is 11.3 Å². The van der Waals surface area contributed by atoms with Gasteiger partial charge in [-0.25, -0.2) is 22.2 Å². The molecule has 1 fully saturated rings.